The molecule has 3 aliphatic carbocycles. The van der Waals surface area contributed by atoms with Crippen molar-refractivity contribution in [2.24, 2.45) is 29.6 Å². The standard InChI is InChI=1S/C26H35IO2/c1-14(2)18-9-7-16(5)11-20(18)24-22(28)13-23(29)25(26(24)27)21-12-17(6)8-10-19(21)15(3)4/h11-13,18-21,24,26,28-29H,1,3,7-10H2,2,4-6H3/t18-,19-,20+,21+,24?,26?/m0/s1. The molecule has 0 spiro atoms. The zero-order valence-electron chi connectivity index (χ0n) is 18.2. The van der Waals surface area contributed by atoms with Crippen LogP contribution >= 0.6 is 22.6 Å². The van der Waals surface area contributed by atoms with E-state index in [1.165, 1.54) is 22.3 Å². The van der Waals surface area contributed by atoms with Crippen LogP contribution in [0.3, 0.4) is 0 Å². The Labute approximate surface area is 190 Å². The Balaban J connectivity index is 2.05. The Morgan fingerprint density at radius 2 is 1.52 bits per heavy atom. The van der Waals surface area contributed by atoms with E-state index in [4.69, 9.17) is 0 Å². The number of aliphatic hydroxyl groups is 2. The van der Waals surface area contributed by atoms with Crippen molar-refractivity contribution in [3.8, 4) is 0 Å². The Kier molecular flexibility index (Phi) is 6.87. The van der Waals surface area contributed by atoms with Gasteiger partial charge in [-0.05, 0) is 76.7 Å². The molecule has 158 valence electrons. The van der Waals surface area contributed by atoms with E-state index in [-0.39, 0.29) is 27.4 Å². The summed E-state index contributed by atoms with van der Waals surface area (Å²) in [7, 11) is 0. The number of aliphatic hydroxyl groups excluding tert-OH is 2. The van der Waals surface area contributed by atoms with Crippen LogP contribution in [-0.2, 0) is 0 Å². The van der Waals surface area contributed by atoms with E-state index in [2.05, 4.69) is 75.6 Å². The molecule has 0 bridgehead atoms. The van der Waals surface area contributed by atoms with Gasteiger partial charge in [0.15, 0.2) is 0 Å². The minimum Gasteiger partial charge on any atom is -0.512 e. The van der Waals surface area contributed by atoms with E-state index in [0.717, 1.165) is 31.3 Å². The largest absolute Gasteiger partial charge is 0.512 e. The summed E-state index contributed by atoms with van der Waals surface area (Å²) in [5.41, 5.74) is 6.17. The van der Waals surface area contributed by atoms with Gasteiger partial charge in [-0.3, -0.25) is 0 Å². The highest BCUT2D eigenvalue weighted by atomic mass is 127. The van der Waals surface area contributed by atoms with E-state index in [1.807, 2.05) is 0 Å². The first kappa shape index (κ1) is 22.5. The van der Waals surface area contributed by atoms with Gasteiger partial charge in [-0.1, -0.05) is 70.2 Å². The molecule has 3 heteroatoms. The third kappa shape index (κ3) is 4.45. The van der Waals surface area contributed by atoms with E-state index < -0.39 is 0 Å². The van der Waals surface area contributed by atoms with Gasteiger partial charge in [-0.2, -0.15) is 0 Å². The number of alkyl halides is 1. The van der Waals surface area contributed by atoms with Gasteiger partial charge < -0.3 is 10.2 Å². The Morgan fingerprint density at radius 3 is 2.10 bits per heavy atom. The zero-order valence-corrected chi connectivity index (χ0v) is 20.4. The molecule has 29 heavy (non-hydrogen) atoms. The van der Waals surface area contributed by atoms with Gasteiger partial charge in [-0.25, -0.2) is 0 Å². The van der Waals surface area contributed by atoms with Gasteiger partial charge in [0.2, 0.25) is 0 Å². The minimum absolute atomic E-state index is 0.0283. The van der Waals surface area contributed by atoms with Crippen molar-refractivity contribution in [3.63, 3.8) is 0 Å². The summed E-state index contributed by atoms with van der Waals surface area (Å²) < 4.78 is 0.0283. The zero-order chi connectivity index (χ0) is 21.5. The summed E-state index contributed by atoms with van der Waals surface area (Å²) in [5, 5.41) is 21.9. The van der Waals surface area contributed by atoms with Crippen LogP contribution in [0.5, 0.6) is 0 Å². The van der Waals surface area contributed by atoms with E-state index >= 15 is 0 Å². The Hall–Kier alpha value is -1.23. The number of allylic oxidation sites excluding steroid dienone is 9. The molecule has 0 aliphatic heterocycles. The summed E-state index contributed by atoms with van der Waals surface area (Å²) in [6.45, 7) is 17.1. The molecule has 3 rings (SSSR count). The maximum Gasteiger partial charge on any atom is 0.119 e. The number of hydrogen-bond acceptors (Lipinski definition) is 2. The maximum atomic E-state index is 11.0. The first-order valence-electron chi connectivity index (χ1n) is 10.7. The predicted octanol–water partition coefficient (Wildman–Crippen LogP) is 7.77. The minimum atomic E-state index is -0.0418. The molecule has 0 heterocycles. The highest BCUT2D eigenvalue weighted by molar-refractivity contribution is 14.1. The first-order valence-corrected chi connectivity index (χ1v) is 12.0. The van der Waals surface area contributed by atoms with E-state index in [9.17, 15) is 10.2 Å². The summed E-state index contributed by atoms with van der Waals surface area (Å²) in [6.07, 6.45) is 10.6. The molecule has 0 aromatic rings. The lowest BCUT2D eigenvalue weighted by Crippen LogP contribution is -2.38. The van der Waals surface area contributed by atoms with Crippen LogP contribution in [0.4, 0.5) is 0 Å². The van der Waals surface area contributed by atoms with Crippen molar-refractivity contribution in [1.82, 2.24) is 0 Å². The molecule has 2 nitrogen and oxygen atoms in total. The summed E-state index contributed by atoms with van der Waals surface area (Å²) in [4.78, 5) is 0. The van der Waals surface area contributed by atoms with Crippen LogP contribution in [0.25, 0.3) is 0 Å². The molecule has 6 atom stereocenters. The molecule has 0 amide bonds. The van der Waals surface area contributed by atoms with Gasteiger partial charge >= 0.3 is 0 Å². The van der Waals surface area contributed by atoms with Crippen LogP contribution in [0.15, 0.2) is 70.8 Å². The normalized spacial score (nSPS) is 35.6. The summed E-state index contributed by atoms with van der Waals surface area (Å²) in [5.74, 6) is 1.55. The van der Waals surface area contributed by atoms with Crippen molar-refractivity contribution < 1.29 is 10.2 Å². The van der Waals surface area contributed by atoms with Crippen molar-refractivity contribution in [3.05, 3.63) is 70.8 Å². The molecule has 0 aromatic heterocycles. The first-order chi connectivity index (χ1) is 13.6. The fraction of sp³-hybridized carbons (Fsp3) is 0.538. The van der Waals surface area contributed by atoms with Crippen LogP contribution in [0.1, 0.15) is 53.4 Å². The van der Waals surface area contributed by atoms with Crippen molar-refractivity contribution in [2.75, 3.05) is 0 Å². The third-order valence-electron chi connectivity index (χ3n) is 7.11. The average Bonchev–Trinajstić information content (AvgIpc) is 2.61. The van der Waals surface area contributed by atoms with Gasteiger partial charge in [0.1, 0.15) is 11.5 Å². The highest BCUT2D eigenvalue weighted by Crippen LogP contribution is 2.50. The Morgan fingerprint density at radius 1 is 0.966 bits per heavy atom. The van der Waals surface area contributed by atoms with E-state index in [1.54, 1.807) is 6.08 Å². The van der Waals surface area contributed by atoms with Crippen LogP contribution in [0, 0.1) is 29.6 Å². The lowest BCUT2D eigenvalue weighted by molar-refractivity contribution is 0.225. The number of hydrogen-bond donors (Lipinski definition) is 2. The van der Waals surface area contributed by atoms with E-state index in [0.29, 0.717) is 17.6 Å². The molecular weight excluding hydrogens is 471 g/mol. The summed E-state index contributed by atoms with van der Waals surface area (Å²) >= 11 is 2.46. The highest BCUT2D eigenvalue weighted by Gasteiger charge is 2.44. The molecule has 0 radical (unpaired) electrons. The quantitative estimate of drug-likeness (QED) is 0.232. The van der Waals surface area contributed by atoms with Crippen LogP contribution in [0.2, 0.25) is 0 Å². The van der Waals surface area contributed by atoms with Crippen LogP contribution < -0.4 is 0 Å². The SMILES string of the molecule is C=C(C)[C@@H]1CCC(C)=C[C@H]1C1=C(O)C=C(O)C([C@@H]2C=C(C)CC[C@H]2C(=C)C)C1I. The second-order valence-corrected chi connectivity index (χ2v) is 10.8. The predicted molar refractivity (Wildman–Crippen MR) is 131 cm³/mol. The molecule has 0 saturated heterocycles. The van der Waals surface area contributed by atoms with Gasteiger partial charge in [0, 0.05) is 21.8 Å². The molecule has 2 unspecified atom stereocenters. The fourth-order valence-electron chi connectivity index (χ4n) is 5.51. The topological polar surface area (TPSA) is 40.5 Å². The maximum absolute atomic E-state index is 11.0. The Bertz CT molecular complexity index is 826. The number of rotatable bonds is 4. The van der Waals surface area contributed by atoms with Gasteiger partial charge in [0.25, 0.3) is 0 Å². The van der Waals surface area contributed by atoms with Crippen molar-refractivity contribution >= 4 is 22.6 Å². The molecule has 0 aromatic carbocycles. The lowest BCUT2D eigenvalue weighted by Gasteiger charge is -2.43. The smallest absolute Gasteiger partial charge is 0.119 e. The van der Waals surface area contributed by atoms with Gasteiger partial charge in [-0.15, -0.1) is 0 Å². The lowest BCUT2D eigenvalue weighted by atomic mass is 9.65. The molecular formula is C26H35IO2. The monoisotopic (exact) mass is 506 g/mol. The third-order valence-corrected chi connectivity index (χ3v) is 8.56. The number of halogens is 1. The second-order valence-electron chi connectivity index (χ2n) is 9.45. The molecule has 0 saturated carbocycles. The molecule has 3 aliphatic rings. The molecule has 0 fully saturated rings. The van der Waals surface area contributed by atoms with Crippen molar-refractivity contribution in [2.45, 2.75) is 57.3 Å². The van der Waals surface area contributed by atoms with Crippen molar-refractivity contribution in [1.29, 1.82) is 0 Å². The van der Waals surface area contributed by atoms with Gasteiger partial charge in [0.05, 0.1) is 0 Å². The van der Waals surface area contributed by atoms with Crippen LogP contribution in [-0.4, -0.2) is 14.1 Å². The molecule has 2 N–H and O–H groups in total. The summed E-state index contributed by atoms with van der Waals surface area (Å²) in [6, 6.07) is 0. The second kappa shape index (κ2) is 8.87. The average molecular weight is 506 g/mol. The fourth-order valence-corrected chi connectivity index (χ4v) is 7.09.